The van der Waals surface area contributed by atoms with E-state index in [1.807, 2.05) is 0 Å². The maximum Gasteiger partial charge on any atom is 0.188 e. The van der Waals surface area contributed by atoms with Gasteiger partial charge in [-0.15, -0.1) is 0 Å². The van der Waals surface area contributed by atoms with Gasteiger partial charge < -0.3 is 15.8 Å². The van der Waals surface area contributed by atoms with Crippen molar-refractivity contribution < 1.29 is 4.74 Å². The summed E-state index contributed by atoms with van der Waals surface area (Å²) in [6.45, 7) is 3.87. The monoisotopic (exact) mass is 253 g/mol. The molecule has 1 saturated heterocycles. The second kappa shape index (κ2) is 6.98. The highest BCUT2D eigenvalue weighted by Gasteiger charge is 2.26. The number of hydrogen-bond acceptors (Lipinski definition) is 2. The molecule has 1 saturated carbocycles. The summed E-state index contributed by atoms with van der Waals surface area (Å²) in [6, 6.07) is 0.546. The van der Waals surface area contributed by atoms with Gasteiger partial charge in [0.05, 0.1) is 6.10 Å². The lowest BCUT2D eigenvalue weighted by molar-refractivity contribution is 0.0893. The molecule has 0 aromatic carbocycles. The van der Waals surface area contributed by atoms with Crippen LogP contribution < -0.4 is 11.1 Å². The summed E-state index contributed by atoms with van der Waals surface area (Å²) in [5, 5.41) is 3.36. The quantitative estimate of drug-likeness (QED) is 0.595. The van der Waals surface area contributed by atoms with Crippen LogP contribution >= 0.6 is 0 Å². The summed E-state index contributed by atoms with van der Waals surface area (Å²) < 4.78 is 5.67. The van der Waals surface area contributed by atoms with Gasteiger partial charge in [0.25, 0.3) is 0 Å². The predicted molar refractivity (Wildman–Crippen MR) is 74.6 cm³/mol. The smallest absolute Gasteiger partial charge is 0.188 e. The molecule has 0 aromatic heterocycles. The molecule has 0 bridgehead atoms. The van der Waals surface area contributed by atoms with Crippen molar-refractivity contribution in [3.8, 4) is 0 Å². The van der Waals surface area contributed by atoms with Crippen molar-refractivity contribution in [3.63, 3.8) is 0 Å². The third-order valence-electron chi connectivity index (χ3n) is 4.20. The van der Waals surface area contributed by atoms with Crippen molar-refractivity contribution in [3.05, 3.63) is 0 Å². The summed E-state index contributed by atoms with van der Waals surface area (Å²) in [5.41, 5.74) is 5.97. The minimum atomic E-state index is 0.385. The van der Waals surface area contributed by atoms with E-state index in [9.17, 15) is 0 Å². The third kappa shape index (κ3) is 3.87. The fourth-order valence-electron chi connectivity index (χ4n) is 3.07. The zero-order valence-corrected chi connectivity index (χ0v) is 11.5. The molecule has 0 radical (unpaired) electrons. The Bertz CT molecular complexity index is 274. The molecule has 2 aliphatic rings. The number of aliphatic imine (C=N–C) groups is 1. The second-order valence-corrected chi connectivity index (χ2v) is 5.57. The lowest BCUT2D eigenvalue weighted by atomic mass is 9.96. The molecule has 0 spiro atoms. The SMILES string of the molecule is CCC1OCCC1CN=C(N)NC1CCCCC1. The van der Waals surface area contributed by atoms with Crippen LogP contribution in [0.25, 0.3) is 0 Å². The predicted octanol–water partition coefficient (Wildman–Crippen LogP) is 2.04. The maximum atomic E-state index is 5.97. The summed E-state index contributed by atoms with van der Waals surface area (Å²) in [5.74, 6) is 1.19. The van der Waals surface area contributed by atoms with Crippen LogP contribution in [0.15, 0.2) is 4.99 Å². The minimum absolute atomic E-state index is 0.385. The summed E-state index contributed by atoms with van der Waals surface area (Å²) in [7, 11) is 0. The van der Waals surface area contributed by atoms with Crippen LogP contribution in [0.5, 0.6) is 0 Å². The Morgan fingerprint density at radius 2 is 2.06 bits per heavy atom. The average Bonchev–Trinajstić information content (AvgIpc) is 2.85. The lowest BCUT2D eigenvalue weighted by Gasteiger charge is -2.23. The first-order valence-corrected chi connectivity index (χ1v) is 7.47. The van der Waals surface area contributed by atoms with Crippen LogP contribution in [-0.2, 0) is 4.74 Å². The fourth-order valence-corrected chi connectivity index (χ4v) is 3.07. The Morgan fingerprint density at radius 3 is 2.78 bits per heavy atom. The van der Waals surface area contributed by atoms with E-state index in [0.717, 1.165) is 26.0 Å². The van der Waals surface area contributed by atoms with E-state index >= 15 is 0 Å². The highest BCUT2D eigenvalue weighted by atomic mass is 16.5. The Kier molecular flexibility index (Phi) is 5.29. The van der Waals surface area contributed by atoms with E-state index in [1.165, 1.54) is 32.1 Å². The summed E-state index contributed by atoms with van der Waals surface area (Å²) >= 11 is 0. The molecule has 4 nitrogen and oxygen atoms in total. The van der Waals surface area contributed by atoms with Crippen molar-refractivity contribution in [1.29, 1.82) is 0 Å². The van der Waals surface area contributed by atoms with Crippen molar-refractivity contribution in [2.24, 2.45) is 16.6 Å². The third-order valence-corrected chi connectivity index (χ3v) is 4.20. The largest absolute Gasteiger partial charge is 0.378 e. The maximum absolute atomic E-state index is 5.97. The molecule has 2 unspecified atom stereocenters. The lowest BCUT2D eigenvalue weighted by Crippen LogP contribution is -2.41. The standard InChI is InChI=1S/C14H27N3O/c1-2-13-11(8-9-18-13)10-16-14(15)17-12-6-4-3-5-7-12/h11-13H,2-10H2,1H3,(H3,15,16,17). The van der Waals surface area contributed by atoms with Crippen molar-refractivity contribution in [1.82, 2.24) is 5.32 Å². The highest BCUT2D eigenvalue weighted by Crippen LogP contribution is 2.23. The van der Waals surface area contributed by atoms with Gasteiger partial charge in [-0.25, -0.2) is 0 Å². The topological polar surface area (TPSA) is 59.6 Å². The zero-order chi connectivity index (χ0) is 12.8. The molecule has 104 valence electrons. The number of hydrogen-bond donors (Lipinski definition) is 2. The first-order chi connectivity index (χ1) is 8.79. The first kappa shape index (κ1) is 13.7. The van der Waals surface area contributed by atoms with Gasteiger partial charge in [0, 0.05) is 25.1 Å². The zero-order valence-electron chi connectivity index (χ0n) is 11.5. The number of guanidine groups is 1. The Balaban J connectivity index is 1.74. The van der Waals surface area contributed by atoms with E-state index in [1.54, 1.807) is 0 Å². The van der Waals surface area contributed by atoms with Gasteiger partial charge in [0.15, 0.2) is 5.96 Å². The number of nitrogens with two attached hydrogens (primary N) is 1. The van der Waals surface area contributed by atoms with E-state index in [2.05, 4.69) is 17.2 Å². The van der Waals surface area contributed by atoms with Crippen molar-refractivity contribution >= 4 is 5.96 Å². The number of rotatable bonds is 4. The second-order valence-electron chi connectivity index (χ2n) is 5.57. The van der Waals surface area contributed by atoms with Crippen molar-refractivity contribution in [2.75, 3.05) is 13.2 Å². The summed E-state index contributed by atoms with van der Waals surface area (Å²) in [4.78, 5) is 4.50. The Labute approximate surface area is 110 Å². The molecule has 2 rings (SSSR count). The molecule has 0 aromatic rings. The minimum Gasteiger partial charge on any atom is -0.378 e. The van der Waals surface area contributed by atoms with Crippen molar-refractivity contribution in [2.45, 2.75) is 64.0 Å². The van der Waals surface area contributed by atoms with Gasteiger partial charge in [-0.05, 0) is 25.7 Å². The molecular weight excluding hydrogens is 226 g/mol. The van der Waals surface area contributed by atoms with Crippen LogP contribution in [-0.4, -0.2) is 31.3 Å². The molecule has 2 fully saturated rings. The molecule has 1 heterocycles. The Morgan fingerprint density at radius 1 is 1.28 bits per heavy atom. The molecular formula is C14H27N3O. The van der Waals surface area contributed by atoms with Gasteiger partial charge in [-0.2, -0.15) is 0 Å². The van der Waals surface area contributed by atoms with Gasteiger partial charge in [0.1, 0.15) is 0 Å². The van der Waals surface area contributed by atoms with Crippen LogP contribution in [0.1, 0.15) is 51.9 Å². The van der Waals surface area contributed by atoms with Gasteiger partial charge in [-0.3, -0.25) is 4.99 Å². The molecule has 1 aliphatic carbocycles. The van der Waals surface area contributed by atoms with E-state index in [0.29, 0.717) is 24.0 Å². The molecule has 1 aliphatic heterocycles. The number of ether oxygens (including phenoxy) is 1. The van der Waals surface area contributed by atoms with E-state index in [4.69, 9.17) is 10.5 Å². The molecule has 4 heteroatoms. The van der Waals surface area contributed by atoms with Crippen LogP contribution in [0, 0.1) is 5.92 Å². The average molecular weight is 253 g/mol. The molecule has 3 N–H and O–H groups in total. The first-order valence-electron chi connectivity index (χ1n) is 7.47. The molecule has 0 amide bonds. The number of nitrogens with zero attached hydrogens (tertiary/aromatic N) is 1. The molecule has 2 atom stereocenters. The fraction of sp³-hybridized carbons (Fsp3) is 0.929. The van der Waals surface area contributed by atoms with Crippen LogP contribution in [0.2, 0.25) is 0 Å². The van der Waals surface area contributed by atoms with Crippen LogP contribution in [0.3, 0.4) is 0 Å². The van der Waals surface area contributed by atoms with Crippen LogP contribution in [0.4, 0.5) is 0 Å². The van der Waals surface area contributed by atoms with Gasteiger partial charge >= 0.3 is 0 Å². The highest BCUT2D eigenvalue weighted by molar-refractivity contribution is 5.78. The normalized spacial score (nSPS) is 30.6. The van der Waals surface area contributed by atoms with Gasteiger partial charge in [0.2, 0.25) is 0 Å². The Hall–Kier alpha value is -0.770. The molecule has 18 heavy (non-hydrogen) atoms. The number of nitrogens with one attached hydrogen (secondary N) is 1. The van der Waals surface area contributed by atoms with E-state index in [-0.39, 0.29) is 0 Å². The summed E-state index contributed by atoms with van der Waals surface area (Å²) in [6.07, 6.45) is 9.07. The van der Waals surface area contributed by atoms with Gasteiger partial charge in [-0.1, -0.05) is 26.2 Å². The van der Waals surface area contributed by atoms with E-state index < -0.39 is 0 Å².